The third-order valence-electron chi connectivity index (χ3n) is 5.90. The topological polar surface area (TPSA) is 155 Å². The van der Waals surface area contributed by atoms with Gasteiger partial charge in [-0.1, -0.05) is 36.4 Å². The van der Waals surface area contributed by atoms with Gasteiger partial charge in [0, 0.05) is 6.07 Å². The fraction of sp³-hybridized carbons (Fsp3) is 0.250. The van der Waals surface area contributed by atoms with Crippen LogP contribution in [0.1, 0.15) is 21.5 Å². The molecule has 0 bridgehead atoms. The number of aliphatic hydroxyl groups is 3. The van der Waals surface area contributed by atoms with Crippen LogP contribution in [0.25, 0.3) is 12.2 Å². The van der Waals surface area contributed by atoms with Crippen LogP contribution >= 0.6 is 0 Å². The minimum Gasteiger partial charge on any atom is -0.508 e. The Labute approximate surface area is 218 Å². The Hall–Kier alpha value is -4.09. The molecule has 1 heterocycles. The quantitative estimate of drug-likeness (QED) is 0.219. The average molecular weight is 525 g/mol. The van der Waals surface area contributed by atoms with Gasteiger partial charge in [-0.25, -0.2) is 4.79 Å². The first kappa shape index (κ1) is 27.0. The van der Waals surface area contributed by atoms with Gasteiger partial charge in [-0.05, 0) is 47.5 Å². The normalized spacial score (nSPS) is 23.2. The number of carbonyl (C=O) groups excluding carboxylic acids is 1. The van der Waals surface area contributed by atoms with Gasteiger partial charge < -0.3 is 44.5 Å². The Morgan fingerprint density at radius 3 is 2.32 bits per heavy atom. The van der Waals surface area contributed by atoms with Crippen molar-refractivity contribution in [1.29, 1.82) is 0 Å². The highest BCUT2D eigenvalue weighted by Gasteiger charge is 2.45. The Morgan fingerprint density at radius 1 is 0.868 bits per heavy atom. The zero-order valence-corrected chi connectivity index (χ0v) is 20.4. The molecule has 0 aromatic heterocycles. The minimum absolute atomic E-state index is 0.118. The van der Waals surface area contributed by atoms with Crippen molar-refractivity contribution >= 4 is 18.1 Å². The maximum Gasteiger partial charge on any atom is 0.342 e. The van der Waals surface area contributed by atoms with E-state index in [9.17, 15) is 30.3 Å². The summed E-state index contributed by atoms with van der Waals surface area (Å²) in [7, 11) is 1.41. The number of hydrogen-bond donors (Lipinski definition) is 5. The van der Waals surface area contributed by atoms with Crippen LogP contribution in [-0.2, 0) is 9.47 Å². The standard InChI is InChI=1S/C28H28O10/c1-35-22-5-3-2-4-21(22)27(34)36-15-23-24(31)25(32)26(33)28(38-23)37-20-13-17(12-19(30)14-20)7-6-16-8-10-18(29)11-9-16/h2-14,23-26,28-33H,15H2,1H3/t23-,24-,25+,26-,28-/m1/s1. The Balaban J connectivity index is 1.45. The smallest absolute Gasteiger partial charge is 0.342 e. The molecule has 0 amide bonds. The number of rotatable bonds is 8. The molecule has 0 radical (unpaired) electrons. The van der Waals surface area contributed by atoms with Crippen LogP contribution in [0.3, 0.4) is 0 Å². The molecule has 4 rings (SSSR count). The summed E-state index contributed by atoms with van der Waals surface area (Å²) in [5.41, 5.74) is 1.53. The van der Waals surface area contributed by atoms with Gasteiger partial charge in [0.2, 0.25) is 6.29 Å². The number of aromatic hydroxyl groups is 2. The number of carbonyl (C=O) groups is 1. The predicted octanol–water partition coefficient (Wildman–Crippen LogP) is 2.32. The lowest BCUT2D eigenvalue weighted by Crippen LogP contribution is -2.60. The number of hydrogen-bond acceptors (Lipinski definition) is 10. The highest BCUT2D eigenvalue weighted by atomic mass is 16.7. The number of para-hydroxylation sites is 1. The van der Waals surface area contributed by atoms with E-state index in [0.29, 0.717) is 11.3 Å². The van der Waals surface area contributed by atoms with E-state index in [2.05, 4.69) is 0 Å². The van der Waals surface area contributed by atoms with E-state index in [1.807, 2.05) is 0 Å². The first-order valence-electron chi connectivity index (χ1n) is 11.7. The number of esters is 1. The van der Waals surface area contributed by atoms with Gasteiger partial charge in [0.15, 0.2) is 0 Å². The van der Waals surface area contributed by atoms with Gasteiger partial charge in [0.05, 0.1) is 7.11 Å². The Morgan fingerprint density at radius 2 is 1.58 bits per heavy atom. The Kier molecular flexibility index (Phi) is 8.49. The molecule has 3 aromatic rings. The molecule has 1 aliphatic heterocycles. The summed E-state index contributed by atoms with van der Waals surface area (Å²) in [6.07, 6.45) is -4.06. The van der Waals surface area contributed by atoms with Crippen molar-refractivity contribution < 1.29 is 49.3 Å². The fourth-order valence-electron chi connectivity index (χ4n) is 3.88. The van der Waals surface area contributed by atoms with Gasteiger partial charge in [0.1, 0.15) is 59.6 Å². The van der Waals surface area contributed by atoms with Crippen LogP contribution < -0.4 is 9.47 Å². The molecular formula is C28H28O10. The number of ether oxygens (including phenoxy) is 4. The van der Waals surface area contributed by atoms with Crippen LogP contribution in [0.15, 0.2) is 66.7 Å². The summed E-state index contributed by atoms with van der Waals surface area (Å²) in [5.74, 6) is -0.289. The number of methoxy groups -OCH3 is 1. The van der Waals surface area contributed by atoms with Crippen LogP contribution in [0.4, 0.5) is 0 Å². The lowest BCUT2D eigenvalue weighted by atomic mass is 9.99. The van der Waals surface area contributed by atoms with Crippen LogP contribution in [-0.4, -0.2) is 75.9 Å². The molecule has 38 heavy (non-hydrogen) atoms. The largest absolute Gasteiger partial charge is 0.508 e. The molecule has 0 unspecified atom stereocenters. The first-order chi connectivity index (χ1) is 18.2. The second-order valence-corrected chi connectivity index (χ2v) is 8.62. The summed E-state index contributed by atoms with van der Waals surface area (Å²) >= 11 is 0. The van der Waals surface area contributed by atoms with E-state index in [0.717, 1.165) is 5.56 Å². The monoisotopic (exact) mass is 524 g/mol. The number of benzene rings is 3. The summed E-state index contributed by atoms with van der Waals surface area (Å²) in [6, 6.07) is 17.3. The van der Waals surface area contributed by atoms with Crippen molar-refractivity contribution in [3.05, 3.63) is 83.4 Å². The fourth-order valence-corrected chi connectivity index (χ4v) is 3.88. The second-order valence-electron chi connectivity index (χ2n) is 8.62. The van der Waals surface area contributed by atoms with Gasteiger partial charge in [-0.15, -0.1) is 0 Å². The zero-order valence-electron chi connectivity index (χ0n) is 20.4. The molecule has 0 saturated carbocycles. The molecule has 5 atom stereocenters. The van der Waals surface area contributed by atoms with E-state index in [1.165, 1.54) is 25.3 Å². The van der Waals surface area contributed by atoms with Crippen LogP contribution in [0.5, 0.6) is 23.0 Å². The van der Waals surface area contributed by atoms with Crippen LogP contribution in [0.2, 0.25) is 0 Å². The van der Waals surface area contributed by atoms with E-state index in [-0.39, 0.29) is 22.8 Å². The van der Waals surface area contributed by atoms with E-state index in [4.69, 9.17) is 18.9 Å². The zero-order chi connectivity index (χ0) is 27.2. The molecule has 1 aliphatic rings. The van der Waals surface area contributed by atoms with Gasteiger partial charge in [-0.2, -0.15) is 0 Å². The molecular weight excluding hydrogens is 496 g/mol. The van der Waals surface area contributed by atoms with E-state index in [1.54, 1.807) is 60.7 Å². The van der Waals surface area contributed by atoms with Crippen LogP contribution in [0, 0.1) is 0 Å². The minimum atomic E-state index is -1.66. The maximum absolute atomic E-state index is 12.5. The maximum atomic E-state index is 12.5. The molecule has 5 N–H and O–H groups in total. The number of aliphatic hydroxyl groups excluding tert-OH is 3. The van der Waals surface area contributed by atoms with E-state index >= 15 is 0 Å². The lowest BCUT2D eigenvalue weighted by Gasteiger charge is -2.39. The highest BCUT2D eigenvalue weighted by molar-refractivity contribution is 5.92. The molecule has 0 aliphatic carbocycles. The predicted molar refractivity (Wildman–Crippen MR) is 136 cm³/mol. The van der Waals surface area contributed by atoms with Gasteiger partial charge >= 0.3 is 5.97 Å². The Bertz CT molecular complexity index is 1270. The summed E-state index contributed by atoms with van der Waals surface area (Å²) in [5, 5.41) is 50.8. The highest BCUT2D eigenvalue weighted by Crippen LogP contribution is 2.29. The number of phenols is 2. The van der Waals surface area contributed by atoms with Crippen molar-refractivity contribution in [1.82, 2.24) is 0 Å². The summed E-state index contributed by atoms with van der Waals surface area (Å²) in [6.45, 7) is -0.442. The lowest BCUT2D eigenvalue weighted by molar-refractivity contribution is -0.277. The third-order valence-corrected chi connectivity index (χ3v) is 5.90. The molecule has 10 nitrogen and oxygen atoms in total. The molecule has 200 valence electrons. The molecule has 1 saturated heterocycles. The second kappa shape index (κ2) is 12.0. The molecule has 1 fully saturated rings. The first-order valence-corrected chi connectivity index (χ1v) is 11.7. The molecule has 3 aromatic carbocycles. The van der Waals surface area contributed by atoms with Gasteiger partial charge in [0.25, 0.3) is 0 Å². The number of phenolic OH excluding ortho intramolecular Hbond substituents is 2. The van der Waals surface area contributed by atoms with Crippen molar-refractivity contribution in [2.75, 3.05) is 13.7 Å². The SMILES string of the molecule is COc1ccccc1C(=O)OC[C@H]1O[C@@H](Oc2cc(O)cc(C=Cc3ccc(O)cc3)c2)[C@H](O)[C@@H](O)[C@@H]1O. The summed E-state index contributed by atoms with van der Waals surface area (Å²) < 4.78 is 21.8. The van der Waals surface area contributed by atoms with Gasteiger partial charge in [-0.3, -0.25) is 0 Å². The average Bonchev–Trinajstić information content (AvgIpc) is 2.92. The molecule has 0 spiro atoms. The summed E-state index contributed by atoms with van der Waals surface area (Å²) in [4.78, 5) is 12.5. The van der Waals surface area contributed by atoms with Crippen molar-refractivity contribution in [3.63, 3.8) is 0 Å². The van der Waals surface area contributed by atoms with E-state index < -0.39 is 43.3 Å². The van der Waals surface area contributed by atoms with Crippen molar-refractivity contribution in [3.8, 4) is 23.0 Å². The molecule has 10 heteroatoms. The van der Waals surface area contributed by atoms with Crippen molar-refractivity contribution in [2.24, 2.45) is 0 Å². The third kappa shape index (κ3) is 6.42. The van der Waals surface area contributed by atoms with Crippen molar-refractivity contribution in [2.45, 2.75) is 30.7 Å².